The van der Waals surface area contributed by atoms with E-state index >= 15 is 0 Å². The highest BCUT2D eigenvalue weighted by atomic mass is 15.2. The SMILES string of the molecule is C=CN1c2ccccc2N(C)c2ccccc21. The van der Waals surface area contributed by atoms with E-state index in [-0.39, 0.29) is 0 Å². The zero-order valence-corrected chi connectivity index (χ0v) is 9.80. The summed E-state index contributed by atoms with van der Waals surface area (Å²) in [5, 5.41) is 0. The van der Waals surface area contributed by atoms with Gasteiger partial charge in [0.15, 0.2) is 0 Å². The Morgan fingerprint density at radius 3 is 1.65 bits per heavy atom. The molecule has 0 radical (unpaired) electrons. The van der Waals surface area contributed by atoms with Gasteiger partial charge in [0.2, 0.25) is 0 Å². The summed E-state index contributed by atoms with van der Waals surface area (Å²) in [5.74, 6) is 0. The van der Waals surface area contributed by atoms with Crippen LogP contribution < -0.4 is 9.80 Å². The molecule has 0 aromatic heterocycles. The van der Waals surface area contributed by atoms with Gasteiger partial charge in [0.1, 0.15) is 0 Å². The Bertz CT molecular complexity index is 527. The van der Waals surface area contributed by atoms with Crippen LogP contribution in [0.4, 0.5) is 22.7 Å². The molecule has 84 valence electrons. The van der Waals surface area contributed by atoms with E-state index in [9.17, 15) is 0 Å². The Morgan fingerprint density at radius 2 is 1.24 bits per heavy atom. The van der Waals surface area contributed by atoms with Gasteiger partial charge >= 0.3 is 0 Å². The zero-order chi connectivity index (χ0) is 11.8. The number of rotatable bonds is 1. The molecule has 0 atom stereocenters. The molecular formula is C15H14N2. The lowest BCUT2D eigenvalue weighted by molar-refractivity contribution is 1.13. The molecule has 2 nitrogen and oxygen atoms in total. The Morgan fingerprint density at radius 1 is 0.824 bits per heavy atom. The Kier molecular flexibility index (Phi) is 2.15. The van der Waals surface area contributed by atoms with Crippen molar-refractivity contribution in [1.82, 2.24) is 0 Å². The normalized spacial score (nSPS) is 13.0. The van der Waals surface area contributed by atoms with Gasteiger partial charge in [-0.05, 0) is 24.3 Å². The van der Waals surface area contributed by atoms with Crippen molar-refractivity contribution in [3.05, 3.63) is 61.3 Å². The maximum atomic E-state index is 3.91. The second-order valence-corrected chi connectivity index (χ2v) is 4.09. The summed E-state index contributed by atoms with van der Waals surface area (Å²) < 4.78 is 0. The second-order valence-electron chi connectivity index (χ2n) is 4.09. The fraction of sp³-hybridized carbons (Fsp3) is 0.0667. The first-order valence-electron chi connectivity index (χ1n) is 5.66. The maximum absolute atomic E-state index is 3.91. The van der Waals surface area contributed by atoms with Crippen LogP contribution in [0.3, 0.4) is 0 Å². The lowest BCUT2D eigenvalue weighted by atomic mass is 10.1. The van der Waals surface area contributed by atoms with Gasteiger partial charge in [-0.2, -0.15) is 0 Å². The molecule has 0 saturated carbocycles. The highest BCUT2D eigenvalue weighted by Crippen LogP contribution is 2.46. The number of hydrogen-bond acceptors (Lipinski definition) is 2. The fourth-order valence-corrected chi connectivity index (χ4v) is 2.36. The zero-order valence-electron chi connectivity index (χ0n) is 9.80. The molecular weight excluding hydrogens is 208 g/mol. The highest BCUT2D eigenvalue weighted by Gasteiger charge is 2.23. The predicted molar refractivity (Wildman–Crippen MR) is 73.3 cm³/mol. The molecule has 0 amide bonds. The van der Waals surface area contributed by atoms with Crippen LogP contribution in [0.2, 0.25) is 0 Å². The third-order valence-electron chi connectivity index (χ3n) is 3.19. The van der Waals surface area contributed by atoms with Crippen LogP contribution >= 0.6 is 0 Å². The van der Waals surface area contributed by atoms with Crippen molar-refractivity contribution >= 4 is 22.7 Å². The molecule has 2 aromatic carbocycles. The molecule has 1 aliphatic rings. The van der Waals surface area contributed by atoms with E-state index in [2.05, 4.69) is 72.0 Å². The number of nitrogens with zero attached hydrogens (tertiary/aromatic N) is 2. The van der Waals surface area contributed by atoms with E-state index in [1.807, 2.05) is 6.20 Å². The van der Waals surface area contributed by atoms with Crippen molar-refractivity contribution in [2.24, 2.45) is 0 Å². The molecule has 0 unspecified atom stereocenters. The first-order chi connectivity index (χ1) is 8.33. The van der Waals surface area contributed by atoms with Gasteiger partial charge in [-0.1, -0.05) is 30.8 Å². The van der Waals surface area contributed by atoms with Crippen molar-refractivity contribution in [2.45, 2.75) is 0 Å². The molecule has 1 aliphatic heterocycles. The molecule has 1 heterocycles. The maximum Gasteiger partial charge on any atom is 0.0693 e. The standard InChI is InChI=1S/C15H14N2/c1-3-17-14-10-6-4-8-12(14)16(2)13-9-5-7-11-15(13)17/h3-11H,1H2,2H3. The summed E-state index contributed by atoms with van der Waals surface area (Å²) in [7, 11) is 2.10. The van der Waals surface area contributed by atoms with Gasteiger partial charge in [0, 0.05) is 13.2 Å². The van der Waals surface area contributed by atoms with Gasteiger partial charge in [-0.3, -0.25) is 0 Å². The van der Waals surface area contributed by atoms with E-state index < -0.39 is 0 Å². The average Bonchev–Trinajstić information content (AvgIpc) is 2.40. The quantitative estimate of drug-likeness (QED) is 0.718. The first kappa shape index (κ1) is 9.97. The Balaban J connectivity index is 2.29. The molecule has 0 fully saturated rings. The van der Waals surface area contributed by atoms with Crippen LogP contribution in [0.15, 0.2) is 61.3 Å². The fourth-order valence-electron chi connectivity index (χ4n) is 2.36. The predicted octanol–water partition coefficient (Wildman–Crippen LogP) is 4.05. The van der Waals surface area contributed by atoms with Crippen molar-refractivity contribution in [3.8, 4) is 0 Å². The van der Waals surface area contributed by atoms with E-state index in [0.29, 0.717) is 0 Å². The van der Waals surface area contributed by atoms with Crippen LogP contribution in [0.1, 0.15) is 0 Å². The number of fused-ring (bicyclic) bond motifs is 2. The summed E-state index contributed by atoms with van der Waals surface area (Å²) in [6, 6.07) is 16.7. The molecule has 3 rings (SSSR count). The minimum atomic E-state index is 1.17. The van der Waals surface area contributed by atoms with Gasteiger partial charge in [-0.25, -0.2) is 0 Å². The van der Waals surface area contributed by atoms with Crippen molar-refractivity contribution in [3.63, 3.8) is 0 Å². The van der Waals surface area contributed by atoms with Gasteiger partial charge < -0.3 is 9.80 Å². The molecule has 17 heavy (non-hydrogen) atoms. The minimum absolute atomic E-state index is 1.17. The second kappa shape index (κ2) is 3.67. The van der Waals surface area contributed by atoms with E-state index in [4.69, 9.17) is 0 Å². The average molecular weight is 222 g/mol. The van der Waals surface area contributed by atoms with Crippen LogP contribution in [0, 0.1) is 0 Å². The summed E-state index contributed by atoms with van der Waals surface area (Å²) in [5.41, 5.74) is 4.74. The Hall–Kier alpha value is -2.22. The lowest BCUT2D eigenvalue weighted by Gasteiger charge is -2.36. The van der Waals surface area contributed by atoms with Gasteiger partial charge in [0.25, 0.3) is 0 Å². The minimum Gasteiger partial charge on any atom is -0.341 e. The molecule has 0 spiro atoms. The third-order valence-corrected chi connectivity index (χ3v) is 3.19. The van der Waals surface area contributed by atoms with E-state index in [1.165, 1.54) is 22.7 Å². The summed E-state index contributed by atoms with van der Waals surface area (Å²) >= 11 is 0. The van der Waals surface area contributed by atoms with Crippen LogP contribution in [0.25, 0.3) is 0 Å². The summed E-state index contributed by atoms with van der Waals surface area (Å²) in [6.45, 7) is 3.91. The monoisotopic (exact) mass is 222 g/mol. The third kappa shape index (κ3) is 1.34. The molecule has 0 saturated heterocycles. The van der Waals surface area contributed by atoms with E-state index in [0.717, 1.165) is 0 Å². The summed E-state index contributed by atoms with van der Waals surface area (Å²) in [4.78, 5) is 4.34. The number of benzene rings is 2. The molecule has 0 bridgehead atoms. The van der Waals surface area contributed by atoms with Crippen molar-refractivity contribution in [1.29, 1.82) is 0 Å². The number of anilines is 4. The lowest BCUT2D eigenvalue weighted by Crippen LogP contribution is -2.23. The van der Waals surface area contributed by atoms with Crippen molar-refractivity contribution in [2.75, 3.05) is 16.8 Å². The van der Waals surface area contributed by atoms with Crippen LogP contribution in [-0.4, -0.2) is 7.05 Å². The molecule has 2 heteroatoms. The van der Waals surface area contributed by atoms with Crippen LogP contribution in [-0.2, 0) is 0 Å². The van der Waals surface area contributed by atoms with Crippen LogP contribution in [0.5, 0.6) is 0 Å². The topological polar surface area (TPSA) is 6.48 Å². The van der Waals surface area contributed by atoms with Gasteiger partial charge in [0.05, 0.1) is 22.7 Å². The highest BCUT2D eigenvalue weighted by molar-refractivity contribution is 5.93. The molecule has 0 aliphatic carbocycles. The molecule has 2 aromatic rings. The largest absolute Gasteiger partial charge is 0.341 e. The molecule has 0 N–H and O–H groups in total. The smallest absolute Gasteiger partial charge is 0.0693 e. The number of hydrogen-bond donors (Lipinski definition) is 0. The Labute approximate surface area is 101 Å². The van der Waals surface area contributed by atoms with E-state index in [1.54, 1.807) is 0 Å². The summed E-state index contributed by atoms with van der Waals surface area (Å²) in [6.07, 6.45) is 1.87. The first-order valence-corrected chi connectivity index (χ1v) is 5.66. The van der Waals surface area contributed by atoms with Crippen molar-refractivity contribution < 1.29 is 0 Å². The number of para-hydroxylation sites is 4. The van der Waals surface area contributed by atoms with Gasteiger partial charge in [-0.15, -0.1) is 0 Å².